The van der Waals surface area contributed by atoms with Gasteiger partial charge in [-0.1, -0.05) is 0 Å². The van der Waals surface area contributed by atoms with E-state index in [0.717, 1.165) is 6.42 Å². The van der Waals surface area contributed by atoms with E-state index >= 15 is 0 Å². The second kappa shape index (κ2) is 5.16. The highest BCUT2D eigenvalue weighted by Gasteiger charge is 2.31. The van der Waals surface area contributed by atoms with Crippen LogP contribution in [0, 0.1) is 0 Å². The minimum atomic E-state index is -2.89. The Labute approximate surface area is 102 Å². The van der Waals surface area contributed by atoms with Crippen molar-refractivity contribution >= 4 is 11.8 Å². The minimum Gasteiger partial charge on any atom is -0.480 e. The zero-order valence-corrected chi connectivity index (χ0v) is 9.42. The Kier molecular flexibility index (Phi) is 3.59. The van der Waals surface area contributed by atoms with Gasteiger partial charge in [0, 0.05) is 6.54 Å². The number of rotatable bonds is 4. The van der Waals surface area contributed by atoms with Crippen LogP contribution in [-0.2, 0) is 4.79 Å². The van der Waals surface area contributed by atoms with Crippen LogP contribution in [0.25, 0.3) is 0 Å². The van der Waals surface area contributed by atoms with Gasteiger partial charge >= 0.3 is 12.6 Å². The topological polar surface area (TPSA) is 62.7 Å². The van der Waals surface area contributed by atoms with Gasteiger partial charge in [-0.2, -0.15) is 8.78 Å². The summed E-state index contributed by atoms with van der Waals surface area (Å²) < 4.78 is 28.1. The van der Waals surface area contributed by atoms with E-state index in [4.69, 9.17) is 5.11 Å². The first-order valence-electron chi connectivity index (χ1n) is 5.48. The Morgan fingerprint density at radius 1 is 1.56 bits per heavy atom. The van der Waals surface area contributed by atoms with Gasteiger partial charge in [0.1, 0.15) is 17.6 Å². The molecule has 1 atom stereocenters. The van der Waals surface area contributed by atoms with Crippen molar-refractivity contribution in [3.05, 3.63) is 18.3 Å². The molecule has 2 rings (SSSR count). The maximum atomic E-state index is 12.0. The first-order chi connectivity index (χ1) is 8.58. The molecule has 1 N–H and O–H groups in total. The number of ether oxygens (including phenoxy) is 1. The third-order valence-electron chi connectivity index (χ3n) is 2.78. The van der Waals surface area contributed by atoms with Gasteiger partial charge in [-0.15, -0.1) is 0 Å². The molecule has 0 saturated carbocycles. The lowest BCUT2D eigenvalue weighted by Gasteiger charge is -2.22. The summed E-state index contributed by atoms with van der Waals surface area (Å²) in [6.45, 7) is -2.30. The highest BCUT2D eigenvalue weighted by molar-refractivity contribution is 5.78. The molecular weight excluding hydrogens is 246 g/mol. The summed E-state index contributed by atoms with van der Waals surface area (Å²) in [7, 11) is 0. The lowest BCUT2D eigenvalue weighted by Crippen LogP contribution is -2.36. The first kappa shape index (κ1) is 12.5. The maximum Gasteiger partial charge on any atom is 0.387 e. The fourth-order valence-electron chi connectivity index (χ4n) is 2.01. The average molecular weight is 258 g/mol. The second-order valence-electron chi connectivity index (χ2n) is 3.92. The molecule has 18 heavy (non-hydrogen) atoms. The Bertz CT molecular complexity index is 425. The summed E-state index contributed by atoms with van der Waals surface area (Å²) in [6.07, 6.45) is 2.50. The van der Waals surface area contributed by atoms with E-state index in [0.29, 0.717) is 18.8 Å². The van der Waals surface area contributed by atoms with Gasteiger partial charge in [-0.3, -0.25) is 0 Å². The molecule has 1 aromatic heterocycles. The summed E-state index contributed by atoms with van der Waals surface area (Å²) in [5.41, 5.74) is 0. The zero-order valence-electron chi connectivity index (χ0n) is 9.42. The molecule has 1 aromatic rings. The molecule has 0 radical (unpaired) electrons. The van der Waals surface area contributed by atoms with E-state index in [9.17, 15) is 13.6 Å². The van der Waals surface area contributed by atoms with E-state index in [1.165, 1.54) is 18.3 Å². The van der Waals surface area contributed by atoms with E-state index in [1.807, 2.05) is 0 Å². The number of carbonyl (C=O) groups is 1. The number of aromatic nitrogens is 1. The van der Waals surface area contributed by atoms with E-state index < -0.39 is 18.6 Å². The van der Waals surface area contributed by atoms with Crippen molar-refractivity contribution < 1.29 is 23.4 Å². The van der Waals surface area contributed by atoms with E-state index in [2.05, 4.69) is 9.72 Å². The van der Waals surface area contributed by atoms with Crippen molar-refractivity contribution in [2.45, 2.75) is 25.5 Å². The molecule has 98 valence electrons. The molecule has 2 heterocycles. The molecule has 5 nitrogen and oxygen atoms in total. The molecule has 0 aliphatic carbocycles. The van der Waals surface area contributed by atoms with Crippen LogP contribution >= 0.6 is 0 Å². The van der Waals surface area contributed by atoms with E-state index in [-0.39, 0.29) is 5.75 Å². The molecule has 0 aromatic carbocycles. The highest BCUT2D eigenvalue weighted by atomic mass is 19.3. The van der Waals surface area contributed by atoms with Crippen LogP contribution < -0.4 is 9.64 Å². The number of hydrogen-bond donors (Lipinski definition) is 1. The summed E-state index contributed by atoms with van der Waals surface area (Å²) in [6, 6.07) is 2.24. The van der Waals surface area contributed by atoms with Crippen LogP contribution in [-0.4, -0.2) is 35.3 Å². The first-order valence-corrected chi connectivity index (χ1v) is 5.48. The summed E-state index contributed by atoms with van der Waals surface area (Å²) in [5.74, 6) is -0.483. The molecule has 1 aliphatic rings. The largest absolute Gasteiger partial charge is 0.480 e. The van der Waals surface area contributed by atoms with Crippen molar-refractivity contribution in [2.24, 2.45) is 0 Å². The number of pyridine rings is 1. The molecule has 1 saturated heterocycles. The molecule has 1 aliphatic heterocycles. The van der Waals surface area contributed by atoms with Crippen molar-refractivity contribution in [2.75, 3.05) is 11.4 Å². The van der Waals surface area contributed by atoms with Gasteiger partial charge < -0.3 is 14.7 Å². The molecule has 7 heteroatoms. The Balaban J connectivity index is 2.11. The quantitative estimate of drug-likeness (QED) is 0.891. The number of halogens is 2. The van der Waals surface area contributed by atoms with Gasteiger partial charge in [0.15, 0.2) is 0 Å². The summed E-state index contributed by atoms with van der Waals surface area (Å²) in [4.78, 5) is 16.6. The van der Waals surface area contributed by atoms with Crippen molar-refractivity contribution in [3.63, 3.8) is 0 Å². The molecule has 0 amide bonds. The molecule has 1 fully saturated rings. The molecule has 0 bridgehead atoms. The normalized spacial score (nSPS) is 19.3. The number of hydrogen-bond acceptors (Lipinski definition) is 4. The number of nitrogens with zero attached hydrogens (tertiary/aromatic N) is 2. The Hall–Kier alpha value is -1.92. The van der Waals surface area contributed by atoms with Crippen molar-refractivity contribution in [1.29, 1.82) is 0 Å². The van der Waals surface area contributed by atoms with Crippen molar-refractivity contribution in [1.82, 2.24) is 4.98 Å². The van der Waals surface area contributed by atoms with Gasteiger partial charge in [0.2, 0.25) is 0 Å². The molecular formula is C11H12F2N2O3. The predicted octanol–water partition coefficient (Wildman–Crippen LogP) is 1.74. The monoisotopic (exact) mass is 258 g/mol. The van der Waals surface area contributed by atoms with Gasteiger partial charge in [-0.25, -0.2) is 9.78 Å². The average Bonchev–Trinajstić information content (AvgIpc) is 2.78. The zero-order chi connectivity index (χ0) is 13.1. The van der Waals surface area contributed by atoms with Crippen LogP contribution in [0.2, 0.25) is 0 Å². The predicted molar refractivity (Wildman–Crippen MR) is 58.9 cm³/mol. The van der Waals surface area contributed by atoms with Gasteiger partial charge in [-0.05, 0) is 25.0 Å². The molecule has 1 unspecified atom stereocenters. The SMILES string of the molecule is O=C(O)C1CCCN1c1ccc(OC(F)F)cn1. The number of carboxylic acid groups (broad SMARTS) is 1. The van der Waals surface area contributed by atoms with Crippen LogP contribution in [0.3, 0.4) is 0 Å². The number of alkyl halides is 2. The lowest BCUT2D eigenvalue weighted by molar-refractivity contribution is -0.138. The smallest absolute Gasteiger partial charge is 0.387 e. The minimum absolute atomic E-state index is 0.0418. The number of aliphatic carboxylic acids is 1. The van der Waals surface area contributed by atoms with Crippen LogP contribution in [0.5, 0.6) is 5.75 Å². The Morgan fingerprint density at radius 3 is 2.89 bits per heavy atom. The lowest BCUT2D eigenvalue weighted by atomic mass is 10.2. The standard InChI is InChI=1S/C11H12F2N2O3/c12-11(13)18-7-3-4-9(14-6-7)15-5-1-2-8(15)10(16)17/h3-4,6,8,11H,1-2,5H2,(H,16,17). The third kappa shape index (κ3) is 2.66. The Morgan fingerprint density at radius 2 is 2.33 bits per heavy atom. The van der Waals surface area contributed by atoms with Gasteiger partial charge in [0.25, 0.3) is 0 Å². The molecule has 0 spiro atoms. The van der Waals surface area contributed by atoms with Crippen LogP contribution in [0.1, 0.15) is 12.8 Å². The number of anilines is 1. The fraction of sp³-hybridized carbons (Fsp3) is 0.455. The van der Waals surface area contributed by atoms with Crippen LogP contribution in [0.4, 0.5) is 14.6 Å². The summed E-state index contributed by atoms with van der Waals surface area (Å²) >= 11 is 0. The van der Waals surface area contributed by atoms with Crippen molar-refractivity contribution in [3.8, 4) is 5.75 Å². The van der Waals surface area contributed by atoms with E-state index in [1.54, 1.807) is 4.90 Å². The van der Waals surface area contributed by atoms with Crippen LogP contribution in [0.15, 0.2) is 18.3 Å². The summed E-state index contributed by atoms with van der Waals surface area (Å²) in [5, 5.41) is 9.03. The maximum absolute atomic E-state index is 12.0. The number of carboxylic acids is 1. The highest BCUT2D eigenvalue weighted by Crippen LogP contribution is 2.25. The fourth-order valence-corrected chi connectivity index (χ4v) is 2.01. The third-order valence-corrected chi connectivity index (χ3v) is 2.78. The second-order valence-corrected chi connectivity index (χ2v) is 3.92. The van der Waals surface area contributed by atoms with Gasteiger partial charge in [0.05, 0.1) is 6.20 Å².